The van der Waals surface area contributed by atoms with E-state index in [9.17, 15) is 14.4 Å². The van der Waals surface area contributed by atoms with Crippen molar-refractivity contribution in [1.29, 1.82) is 5.26 Å². The zero-order valence-corrected chi connectivity index (χ0v) is 17.4. The first kappa shape index (κ1) is 20.1. The molecule has 0 atom stereocenters. The molecule has 0 saturated carbocycles. The summed E-state index contributed by atoms with van der Waals surface area (Å²) < 4.78 is 20.3. The first-order valence-electron chi connectivity index (χ1n) is 8.77. The smallest absolute Gasteiger partial charge is 0.410 e. The number of aromatic nitrogens is 1. The molecule has 2 heterocycles. The topological polar surface area (TPSA) is 92.2 Å². The van der Waals surface area contributed by atoms with Crippen LogP contribution in [0, 0.1) is 17.1 Å². The molecule has 2 aromatic rings. The molecule has 0 fully saturated rings. The van der Waals surface area contributed by atoms with Gasteiger partial charge in [-0.2, -0.15) is 5.26 Å². The van der Waals surface area contributed by atoms with Gasteiger partial charge in [0.05, 0.1) is 4.47 Å². The first-order valence-corrected chi connectivity index (χ1v) is 9.56. The fraction of sp³-hybridized carbons (Fsp3) is 0.350. The van der Waals surface area contributed by atoms with Gasteiger partial charge < -0.3 is 15.4 Å². The molecule has 0 unspecified atom stereocenters. The lowest BCUT2D eigenvalue weighted by Crippen LogP contribution is -2.39. The molecule has 0 spiro atoms. The van der Waals surface area contributed by atoms with Gasteiger partial charge in [0.25, 0.3) is 0 Å². The summed E-state index contributed by atoms with van der Waals surface area (Å²) >= 11 is 3.15. The minimum Gasteiger partial charge on any atom is -0.444 e. The van der Waals surface area contributed by atoms with E-state index in [0.717, 1.165) is 5.57 Å². The highest BCUT2D eigenvalue weighted by Gasteiger charge is 2.27. The van der Waals surface area contributed by atoms with E-state index in [1.54, 1.807) is 37.8 Å². The van der Waals surface area contributed by atoms with Crippen LogP contribution in [0.3, 0.4) is 0 Å². The third-order valence-corrected chi connectivity index (χ3v) is 4.92. The normalized spacial score (nSPS) is 14.6. The van der Waals surface area contributed by atoms with Gasteiger partial charge in [0.2, 0.25) is 0 Å². The van der Waals surface area contributed by atoms with E-state index in [0.29, 0.717) is 23.9 Å². The Hall–Kier alpha value is -2.66. The number of carbonyl (C=O) groups is 1. The predicted octanol–water partition coefficient (Wildman–Crippen LogP) is 4.61. The second-order valence-electron chi connectivity index (χ2n) is 7.54. The largest absolute Gasteiger partial charge is 0.444 e. The molecule has 1 aromatic heterocycles. The lowest BCUT2D eigenvalue weighted by atomic mass is 9.93. The number of hydrogen-bond donors (Lipinski definition) is 1. The Labute approximate surface area is 170 Å². The monoisotopic (exact) mass is 446 g/mol. The molecule has 1 amide bonds. The van der Waals surface area contributed by atoms with Crippen molar-refractivity contribution in [3.63, 3.8) is 0 Å². The Bertz CT molecular complexity index is 1040. The number of fused-ring (bicyclic) bond motifs is 1. The molecule has 1 aliphatic rings. The number of rotatable bonds is 1. The van der Waals surface area contributed by atoms with Gasteiger partial charge in [-0.25, -0.2) is 14.2 Å². The third kappa shape index (κ3) is 3.80. The minimum absolute atomic E-state index is 0.0442. The van der Waals surface area contributed by atoms with Crippen LogP contribution in [-0.4, -0.2) is 34.7 Å². The summed E-state index contributed by atoms with van der Waals surface area (Å²) in [5.74, 6) is -0.590. The number of nitriles is 1. The third-order valence-electron chi connectivity index (χ3n) is 4.31. The Morgan fingerprint density at radius 2 is 2.14 bits per heavy atom. The Morgan fingerprint density at radius 1 is 1.43 bits per heavy atom. The summed E-state index contributed by atoms with van der Waals surface area (Å²) in [4.78, 5) is 18.1. The van der Waals surface area contributed by atoms with Crippen molar-refractivity contribution in [3.05, 3.63) is 39.6 Å². The average Bonchev–Trinajstić information content (AvgIpc) is 2.63. The Kier molecular flexibility index (Phi) is 5.31. The standard InChI is InChI=1S/C20H20BrFN4O2/c1-20(2,3)28-19(27)26-8-4-5-11(10-26)15-12-6-7-14(21)16(22)17(12)25-18(24)13(15)9-23/h5-7H,4,8,10H2,1-3H3,(H2,24,25). The molecule has 0 aliphatic carbocycles. The first-order chi connectivity index (χ1) is 13.1. The number of halogens is 2. The molecule has 8 heteroatoms. The van der Waals surface area contributed by atoms with E-state index in [1.165, 1.54) is 0 Å². The zero-order chi connectivity index (χ0) is 20.6. The lowest BCUT2D eigenvalue weighted by molar-refractivity contribution is 0.0273. The van der Waals surface area contributed by atoms with Gasteiger partial charge in [-0.1, -0.05) is 12.1 Å². The van der Waals surface area contributed by atoms with Crippen molar-refractivity contribution in [2.24, 2.45) is 0 Å². The van der Waals surface area contributed by atoms with Gasteiger partial charge in [-0.15, -0.1) is 0 Å². The number of nitrogen functional groups attached to an aromatic ring is 1. The number of nitrogens with two attached hydrogens (primary N) is 1. The van der Waals surface area contributed by atoms with Crippen LogP contribution < -0.4 is 5.73 Å². The quantitative estimate of drug-likeness (QED) is 0.689. The van der Waals surface area contributed by atoms with E-state index >= 15 is 0 Å². The molecule has 1 aliphatic heterocycles. The molecule has 3 rings (SSSR count). The van der Waals surface area contributed by atoms with Crippen LogP contribution in [0.1, 0.15) is 38.3 Å². The van der Waals surface area contributed by atoms with Crippen molar-refractivity contribution in [1.82, 2.24) is 9.88 Å². The molecular weight excluding hydrogens is 427 g/mol. The van der Waals surface area contributed by atoms with Crippen molar-refractivity contribution in [2.45, 2.75) is 32.8 Å². The van der Waals surface area contributed by atoms with E-state index in [1.807, 2.05) is 6.08 Å². The van der Waals surface area contributed by atoms with Gasteiger partial charge in [0.15, 0.2) is 5.82 Å². The molecule has 28 heavy (non-hydrogen) atoms. The molecular formula is C20H20BrFN4O2. The number of amides is 1. The minimum atomic E-state index is -0.612. The Morgan fingerprint density at radius 3 is 2.79 bits per heavy atom. The number of benzene rings is 1. The highest BCUT2D eigenvalue weighted by Crippen LogP contribution is 2.35. The number of hydrogen-bond acceptors (Lipinski definition) is 5. The van der Waals surface area contributed by atoms with E-state index in [4.69, 9.17) is 10.5 Å². The maximum Gasteiger partial charge on any atom is 0.410 e. The zero-order valence-electron chi connectivity index (χ0n) is 15.8. The van der Waals surface area contributed by atoms with Crippen molar-refractivity contribution >= 4 is 44.3 Å². The van der Waals surface area contributed by atoms with Crippen LogP contribution in [-0.2, 0) is 4.74 Å². The summed E-state index contributed by atoms with van der Waals surface area (Å²) in [5.41, 5.74) is 6.82. The molecule has 0 radical (unpaired) electrons. The van der Waals surface area contributed by atoms with Gasteiger partial charge in [-0.05, 0) is 54.8 Å². The number of nitrogens with zero attached hydrogens (tertiary/aromatic N) is 3. The van der Waals surface area contributed by atoms with Gasteiger partial charge in [0.1, 0.15) is 28.6 Å². The lowest BCUT2D eigenvalue weighted by Gasteiger charge is -2.31. The summed E-state index contributed by atoms with van der Waals surface area (Å²) in [6.45, 7) is 6.14. The molecule has 1 aromatic carbocycles. The number of pyridine rings is 1. The van der Waals surface area contributed by atoms with Crippen molar-refractivity contribution in [2.75, 3.05) is 18.8 Å². The molecule has 2 N–H and O–H groups in total. The van der Waals surface area contributed by atoms with Crippen LogP contribution in [0.15, 0.2) is 22.7 Å². The highest BCUT2D eigenvalue weighted by molar-refractivity contribution is 9.10. The number of ether oxygens (including phenoxy) is 1. The predicted molar refractivity (Wildman–Crippen MR) is 109 cm³/mol. The number of carbonyl (C=O) groups excluding carboxylic acids is 1. The van der Waals surface area contributed by atoms with Gasteiger partial charge in [-0.3, -0.25) is 0 Å². The fourth-order valence-electron chi connectivity index (χ4n) is 3.14. The fourth-order valence-corrected chi connectivity index (χ4v) is 3.46. The van der Waals surface area contributed by atoms with Crippen LogP contribution in [0.25, 0.3) is 16.5 Å². The van der Waals surface area contributed by atoms with E-state index < -0.39 is 17.5 Å². The highest BCUT2D eigenvalue weighted by atomic mass is 79.9. The summed E-state index contributed by atoms with van der Waals surface area (Å²) in [5, 5.41) is 10.1. The van der Waals surface area contributed by atoms with Crippen LogP contribution in [0.2, 0.25) is 0 Å². The van der Waals surface area contributed by atoms with Crippen LogP contribution >= 0.6 is 15.9 Å². The van der Waals surface area contributed by atoms with E-state index in [-0.39, 0.29) is 27.9 Å². The Balaban J connectivity index is 2.10. The molecule has 6 nitrogen and oxygen atoms in total. The molecule has 0 bridgehead atoms. The second-order valence-corrected chi connectivity index (χ2v) is 8.39. The number of anilines is 1. The summed E-state index contributed by atoms with van der Waals surface area (Å²) in [6, 6.07) is 5.33. The maximum absolute atomic E-state index is 14.6. The SMILES string of the molecule is CC(C)(C)OC(=O)N1CCC=C(c2c(C#N)c(N)nc3c(F)c(Br)ccc23)C1. The van der Waals surface area contributed by atoms with Crippen LogP contribution in [0.5, 0.6) is 0 Å². The van der Waals surface area contributed by atoms with E-state index in [2.05, 4.69) is 27.0 Å². The molecule has 146 valence electrons. The van der Waals surface area contributed by atoms with Crippen LogP contribution in [0.4, 0.5) is 15.0 Å². The maximum atomic E-state index is 14.6. The van der Waals surface area contributed by atoms with Crippen molar-refractivity contribution in [3.8, 4) is 6.07 Å². The van der Waals surface area contributed by atoms with Gasteiger partial charge in [0, 0.05) is 24.0 Å². The summed E-state index contributed by atoms with van der Waals surface area (Å²) in [7, 11) is 0. The molecule has 0 saturated heterocycles. The summed E-state index contributed by atoms with van der Waals surface area (Å²) in [6.07, 6.45) is 2.09. The average molecular weight is 447 g/mol. The van der Waals surface area contributed by atoms with Crippen molar-refractivity contribution < 1.29 is 13.9 Å². The second kappa shape index (κ2) is 7.40. The van der Waals surface area contributed by atoms with Gasteiger partial charge >= 0.3 is 6.09 Å².